The molecule has 6 nitrogen and oxygen atoms in total. The highest BCUT2D eigenvalue weighted by Crippen LogP contribution is 2.34. The van der Waals surface area contributed by atoms with E-state index in [1.54, 1.807) is 24.0 Å². The van der Waals surface area contributed by atoms with Gasteiger partial charge in [0.05, 0.1) is 17.5 Å². The zero-order valence-electron chi connectivity index (χ0n) is 23.3. The molecule has 1 saturated heterocycles. The highest BCUT2D eigenvalue weighted by Gasteiger charge is 2.43. The molecule has 2 aliphatic heterocycles. The fourth-order valence-corrected chi connectivity index (χ4v) is 5.45. The lowest BCUT2D eigenvalue weighted by Crippen LogP contribution is -2.56. The number of amides is 2. The Labute approximate surface area is 225 Å². The first-order valence-electron chi connectivity index (χ1n) is 13.3. The van der Waals surface area contributed by atoms with E-state index in [1.807, 2.05) is 49.3 Å². The number of benzene rings is 2. The summed E-state index contributed by atoms with van der Waals surface area (Å²) in [7, 11) is 3.87. The number of halogens is 1. The van der Waals surface area contributed by atoms with Gasteiger partial charge in [-0.1, -0.05) is 51.1 Å². The predicted octanol–water partition coefficient (Wildman–Crippen LogP) is 5.44. The number of nitrogens with one attached hydrogen (secondary N) is 1. The Kier molecular flexibility index (Phi) is 8.05. The number of carbonyl (C=O) groups is 2. The van der Waals surface area contributed by atoms with Crippen molar-refractivity contribution in [3.8, 4) is 0 Å². The summed E-state index contributed by atoms with van der Waals surface area (Å²) in [5, 5.41) is 3.12. The molecule has 2 aliphatic rings. The minimum atomic E-state index is -0.536. The highest BCUT2D eigenvalue weighted by molar-refractivity contribution is 5.98. The zero-order chi connectivity index (χ0) is 27.6. The second-order valence-corrected chi connectivity index (χ2v) is 11.6. The topological polar surface area (TPSA) is 65.0 Å². The molecule has 0 saturated carbocycles. The van der Waals surface area contributed by atoms with Gasteiger partial charge < -0.3 is 15.1 Å². The van der Waals surface area contributed by atoms with Crippen LogP contribution in [0.2, 0.25) is 0 Å². The first-order valence-corrected chi connectivity index (χ1v) is 13.3. The molecule has 0 radical (unpaired) electrons. The van der Waals surface area contributed by atoms with Crippen molar-refractivity contribution in [3.05, 3.63) is 77.1 Å². The summed E-state index contributed by atoms with van der Waals surface area (Å²) in [5.74, 6) is -0.796. The van der Waals surface area contributed by atoms with Crippen LogP contribution in [0.4, 0.5) is 10.1 Å². The minimum absolute atomic E-state index is 0.0516. The van der Waals surface area contributed by atoms with Gasteiger partial charge in [-0.25, -0.2) is 4.39 Å². The second-order valence-electron chi connectivity index (χ2n) is 11.6. The lowest BCUT2D eigenvalue weighted by atomic mass is 9.79. The second kappa shape index (κ2) is 11.1. The maximum atomic E-state index is 14.9. The van der Waals surface area contributed by atoms with Crippen molar-refractivity contribution in [2.24, 2.45) is 16.8 Å². The maximum absolute atomic E-state index is 14.9. The van der Waals surface area contributed by atoms with E-state index in [-0.39, 0.29) is 28.7 Å². The summed E-state index contributed by atoms with van der Waals surface area (Å²) in [6.07, 6.45) is 5.30. The van der Waals surface area contributed by atoms with Gasteiger partial charge in [-0.15, -0.1) is 0 Å². The van der Waals surface area contributed by atoms with Gasteiger partial charge in [-0.3, -0.25) is 14.6 Å². The summed E-state index contributed by atoms with van der Waals surface area (Å²) in [4.78, 5) is 36.0. The molecule has 7 heteroatoms. The van der Waals surface area contributed by atoms with Crippen LogP contribution < -0.4 is 5.32 Å². The minimum Gasteiger partial charge on any atom is -0.363 e. The van der Waals surface area contributed by atoms with Crippen molar-refractivity contribution < 1.29 is 14.0 Å². The quantitative estimate of drug-likeness (QED) is 0.587. The van der Waals surface area contributed by atoms with Crippen molar-refractivity contribution in [1.82, 2.24) is 9.80 Å². The fourth-order valence-electron chi connectivity index (χ4n) is 5.45. The maximum Gasteiger partial charge on any atom is 0.257 e. The number of anilines is 1. The molecular formula is C31H39FN4O2. The highest BCUT2D eigenvalue weighted by atomic mass is 19.1. The molecule has 2 amide bonds. The van der Waals surface area contributed by atoms with Crippen LogP contribution in [0, 0.1) is 24.6 Å². The number of likely N-dealkylation sites (tertiary alicyclic amines) is 1. The van der Waals surface area contributed by atoms with Crippen LogP contribution in [-0.4, -0.2) is 60.7 Å². The van der Waals surface area contributed by atoms with E-state index in [0.29, 0.717) is 31.5 Å². The Hall–Kier alpha value is -3.48. The molecule has 0 spiro atoms. The molecule has 4 rings (SSSR count). The number of aliphatic imine (C=N–C) groups is 1. The van der Waals surface area contributed by atoms with Crippen LogP contribution in [0.15, 0.2) is 59.6 Å². The van der Waals surface area contributed by atoms with Gasteiger partial charge in [0.25, 0.3) is 5.91 Å². The van der Waals surface area contributed by atoms with E-state index in [9.17, 15) is 14.0 Å². The van der Waals surface area contributed by atoms with E-state index < -0.39 is 17.8 Å². The molecule has 38 heavy (non-hydrogen) atoms. The summed E-state index contributed by atoms with van der Waals surface area (Å²) < 4.78 is 14.9. The number of aryl methyl sites for hydroxylation is 1. The Balaban J connectivity index is 1.67. The lowest BCUT2D eigenvalue weighted by molar-refractivity contribution is -0.123. The van der Waals surface area contributed by atoms with E-state index >= 15 is 0 Å². The van der Waals surface area contributed by atoms with Gasteiger partial charge in [0, 0.05) is 38.8 Å². The van der Waals surface area contributed by atoms with Crippen molar-refractivity contribution in [3.63, 3.8) is 0 Å². The molecular weight excluding hydrogens is 479 g/mol. The fraction of sp³-hybridized carbons (Fsp3) is 0.452. The number of nitrogens with zero attached hydrogens (tertiary/aromatic N) is 3. The molecule has 202 valence electrons. The molecule has 2 unspecified atom stereocenters. The van der Waals surface area contributed by atoms with Crippen LogP contribution >= 0.6 is 0 Å². The van der Waals surface area contributed by atoms with Gasteiger partial charge >= 0.3 is 0 Å². The largest absolute Gasteiger partial charge is 0.363 e. The zero-order valence-corrected chi connectivity index (χ0v) is 23.3. The monoisotopic (exact) mass is 518 g/mol. The van der Waals surface area contributed by atoms with Gasteiger partial charge in [0.1, 0.15) is 11.7 Å². The van der Waals surface area contributed by atoms with Crippen molar-refractivity contribution in [2.75, 3.05) is 32.5 Å². The Morgan fingerprint density at radius 1 is 1.13 bits per heavy atom. The normalized spacial score (nSPS) is 21.6. The van der Waals surface area contributed by atoms with E-state index in [0.717, 1.165) is 17.1 Å². The first kappa shape index (κ1) is 27.6. The molecule has 2 heterocycles. The summed E-state index contributed by atoms with van der Waals surface area (Å²) >= 11 is 0. The van der Waals surface area contributed by atoms with Crippen molar-refractivity contribution in [2.45, 2.75) is 52.0 Å². The predicted molar refractivity (Wildman–Crippen MR) is 151 cm³/mol. The van der Waals surface area contributed by atoms with Crippen molar-refractivity contribution in [1.29, 1.82) is 0 Å². The third kappa shape index (κ3) is 5.82. The number of amidine groups is 1. The van der Waals surface area contributed by atoms with Crippen LogP contribution in [0.25, 0.3) is 0 Å². The average Bonchev–Trinajstić information content (AvgIpc) is 2.87. The van der Waals surface area contributed by atoms with Crippen LogP contribution in [0.5, 0.6) is 0 Å². The van der Waals surface area contributed by atoms with Crippen molar-refractivity contribution >= 4 is 23.3 Å². The van der Waals surface area contributed by atoms with Gasteiger partial charge in [-0.2, -0.15) is 0 Å². The molecule has 0 bridgehead atoms. The number of hydrogen-bond acceptors (Lipinski definition) is 4. The molecule has 0 aromatic heterocycles. The number of hydrogen-bond donors (Lipinski definition) is 1. The lowest BCUT2D eigenvalue weighted by Gasteiger charge is -2.44. The molecule has 1 fully saturated rings. The van der Waals surface area contributed by atoms with Gasteiger partial charge in [0.15, 0.2) is 0 Å². The van der Waals surface area contributed by atoms with Gasteiger partial charge in [-0.05, 0) is 60.6 Å². The van der Waals surface area contributed by atoms with Crippen LogP contribution in [-0.2, 0) is 10.2 Å². The number of piperidine rings is 1. The van der Waals surface area contributed by atoms with Crippen LogP contribution in [0.3, 0.4) is 0 Å². The summed E-state index contributed by atoms with van der Waals surface area (Å²) in [5.41, 5.74) is 2.48. The van der Waals surface area contributed by atoms with Crippen LogP contribution in [0.1, 0.15) is 55.1 Å². The number of likely N-dealkylation sites (N-methyl/N-ethyl adjacent to an activating group) is 1. The summed E-state index contributed by atoms with van der Waals surface area (Å²) in [6.45, 7) is 9.08. The molecule has 3 atom stereocenters. The number of dihydropyridines is 1. The first-order chi connectivity index (χ1) is 18.0. The molecule has 0 aliphatic carbocycles. The van der Waals surface area contributed by atoms with E-state index in [1.165, 1.54) is 6.07 Å². The summed E-state index contributed by atoms with van der Waals surface area (Å²) in [6, 6.07) is 12.1. The molecule has 2 aromatic rings. The molecule has 1 N–H and O–H groups in total. The molecule has 2 aromatic carbocycles. The Morgan fingerprint density at radius 3 is 2.50 bits per heavy atom. The van der Waals surface area contributed by atoms with Gasteiger partial charge in [0.2, 0.25) is 5.91 Å². The van der Waals surface area contributed by atoms with E-state index in [2.05, 4.69) is 32.2 Å². The number of rotatable bonds is 4. The average molecular weight is 519 g/mol. The Bertz CT molecular complexity index is 1240. The smallest absolute Gasteiger partial charge is 0.257 e. The Morgan fingerprint density at radius 2 is 1.87 bits per heavy atom. The van der Waals surface area contributed by atoms with E-state index in [4.69, 9.17) is 4.99 Å². The third-order valence-electron chi connectivity index (χ3n) is 7.57. The standard InChI is InChI=1S/C31H39FN4O2/c1-20-10-7-14-25(32)27(20)30(38)36-17-9-13-24(28(36)21-15-16-26(33-19-21)35(5)6)29(37)34-23-12-8-11-22(18-23)31(2,3)4/h7-8,10-12,14-16,18,21,24,28H,9,13,17,19H2,1-6H3,(H,34,37)/t21?,24?,28-/m0/s1. The SMILES string of the molecule is Cc1cccc(F)c1C(=O)N1CCCC(C(=O)Nc2cccc(C(C)(C)C)c2)[C@@H]1C1C=CC(N(C)C)=NC1. The third-order valence-corrected chi connectivity index (χ3v) is 7.57. The number of carbonyl (C=O) groups excluding carboxylic acids is 2.